The molecule has 6 heteroatoms. The summed E-state index contributed by atoms with van der Waals surface area (Å²) in [6.45, 7) is 1.74. The summed E-state index contributed by atoms with van der Waals surface area (Å²) in [7, 11) is 1.71. The summed E-state index contributed by atoms with van der Waals surface area (Å²) in [6.07, 6.45) is 0. The highest BCUT2D eigenvalue weighted by Gasteiger charge is 2.03. The third kappa shape index (κ3) is 5.93. The van der Waals surface area contributed by atoms with Crippen molar-refractivity contribution in [3.8, 4) is 0 Å². The molecule has 0 unspecified atom stereocenters. The van der Waals surface area contributed by atoms with Crippen molar-refractivity contribution in [2.24, 2.45) is 4.99 Å². The number of rotatable bonds is 6. The van der Waals surface area contributed by atoms with Crippen LogP contribution in [0.2, 0.25) is 5.02 Å². The molecule has 24 heavy (non-hydrogen) atoms. The number of nitrogens with zero attached hydrogens (tertiary/aromatic N) is 1. The normalized spacial score (nSPS) is 11.0. The highest BCUT2D eigenvalue weighted by atomic mass is 35.5. The number of benzene rings is 2. The minimum atomic E-state index is -0.0819. The van der Waals surface area contributed by atoms with Gasteiger partial charge in [-0.05, 0) is 29.8 Å². The van der Waals surface area contributed by atoms with E-state index in [1.54, 1.807) is 19.2 Å². The highest BCUT2D eigenvalue weighted by molar-refractivity contribution is 6.30. The Morgan fingerprint density at radius 3 is 2.29 bits per heavy atom. The van der Waals surface area contributed by atoms with Crippen LogP contribution < -0.4 is 16.0 Å². The first kappa shape index (κ1) is 17.8. The number of aliphatic imine (C=N–C) groups is 1. The molecule has 2 rings (SSSR count). The second-order valence-corrected chi connectivity index (χ2v) is 5.54. The summed E-state index contributed by atoms with van der Waals surface area (Å²) in [4.78, 5) is 16.1. The second kappa shape index (κ2) is 9.57. The van der Waals surface area contributed by atoms with Crippen LogP contribution in [0.1, 0.15) is 15.9 Å². The smallest absolute Gasteiger partial charge is 0.251 e. The van der Waals surface area contributed by atoms with Crippen molar-refractivity contribution in [2.75, 3.05) is 20.1 Å². The lowest BCUT2D eigenvalue weighted by Gasteiger charge is -2.12. The van der Waals surface area contributed by atoms with Crippen LogP contribution in [0, 0.1) is 0 Å². The molecule has 126 valence electrons. The van der Waals surface area contributed by atoms with E-state index in [0.717, 1.165) is 10.6 Å². The van der Waals surface area contributed by atoms with Crippen molar-refractivity contribution >= 4 is 23.5 Å². The van der Waals surface area contributed by atoms with Crippen LogP contribution >= 0.6 is 11.6 Å². The SMILES string of the molecule is CN=C(NCCNC(=O)c1ccccc1)NCc1ccc(Cl)cc1. The first-order valence-corrected chi connectivity index (χ1v) is 8.09. The molecule has 1 amide bonds. The van der Waals surface area contributed by atoms with E-state index in [0.29, 0.717) is 31.2 Å². The first-order valence-electron chi connectivity index (χ1n) is 7.71. The van der Waals surface area contributed by atoms with Crippen LogP contribution in [0.3, 0.4) is 0 Å². The number of nitrogens with one attached hydrogen (secondary N) is 3. The van der Waals surface area contributed by atoms with E-state index in [9.17, 15) is 4.79 Å². The van der Waals surface area contributed by atoms with Gasteiger partial charge in [0.2, 0.25) is 0 Å². The molecule has 0 aliphatic rings. The second-order valence-electron chi connectivity index (χ2n) is 5.10. The van der Waals surface area contributed by atoms with Gasteiger partial charge in [-0.15, -0.1) is 0 Å². The Bertz CT molecular complexity index is 671. The molecular formula is C18H21ClN4O. The summed E-state index contributed by atoms with van der Waals surface area (Å²) in [5.41, 5.74) is 1.77. The minimum Gasteiger partial charge on any atom is -0.355 e. The average Bonchev–Trinajstić information content (AvgIpc) is 2.63. The summed E-state index contributed by atoms with van der Waals surface area (Å²) >= 11 is 5.86. The van der Waals surface area contributed by atoms with Crippen molar-refractivity contribution in [1.29, 1.82) is 0 Å². The topological polar surface area (TPSA) is 65.5 Å². The van der Waals surface area contributed by atoms with Gasteiger partial charge in [-0.2, -0.15) is 0 Å². The summed E-state index contributed by atoms with van der Waals surface area (Å²) in [5.74, 6) is 0.598. The van der Waals surface area contributed by atoms with E-state index in [1.165, 1.54) is 0 Å². The standard InChI is InChI=1S/C18H21ClN4O/c1-20-18(23-13-14-7-9-16(19)10-8-14)22-12-11-21-17(24)15-5-3-2-4-6-15/h2-10H,11-13H2,1H3,(H,21,24)(H2,20,22,23). The Balaban J connectivity index is 1.68. The number of carbonyl (C=O) groups excluding carboxylic acids is 1. The van der Waals surface area contributed by atoms with Crippen molar-refractivity contribution < 1.29 is 4.79 Å². The summed E-state index contributed by atoms with van der Waals surface area (Å²) in [5, 5.41) is 9.94. The zero-order chi connectivity index (χ0) is 17.2. The Labute approximate surface area is 147 Å². The lowest BCUT2D eigenvalue weighted by Crippen LogP contribution is -2.41. The third-order valence-corrected chi connectivity index (χ3v) is 3.59. The van der Waals surface area contributed by atoms with E-state index in [-0.39, 0.29) is 5.91 Å². The highest BCUT2D eigenvalue weighted by Crippen LogP contribution is 2.08. The van der Waals surface area contributed by atoms with Gasteiger partial charge in [0.1, 0.15) is 0 Å². The van der Waals surface area contributed by atoms with Crippen LogP contribution in [0.15, 0.2) is 59.6 Å². The number of hydrogen-bond acceptors (Lipinski definition) is 2. The Morgan fingerprint density at radius 2 is 1.62 bits per heavy atom. The predicted molar refractivity (Wildman–Crippen MR) is 98.4 cm³/mol. The number of carbonyl (C=O) groups is 1. The maximum Gasteiger partial charge on any atom is 0.251 e. The van der Waals surface area contributed by atoms with Crippen LogP contribution in [-0.2, 0) is 6.54 Å². The van der Waals surface area contributed by atoms with E-state index < -0.39 is 0 Å². The summed E-state index contributed by atoms with van der Waals surface area (Å²) in [6, 6.07) is 16.8. The third-order valence-electron chi connectivity index (χ3n) is 3.34. The Hall–Kier alpha value is -2.53. The lowest BCUT2D eigenvalue weighted by molar-refractivity contribution is 0.0954. The van der Waals surface area contributed by atoms with Gasteiger partial charge in [-0.25, -0.2) is 0 Å². The molecule has 0 aliphatic heterocycles. The van der Waals surface area contributed by atoms with E-state index in [1.807, 2.05) is 42.5 Å². The molecule has 2 aromatic rings. The van der Waals surface area contributed by atoms with E-state index >= 15 is 0 Å². The molecule has 0 heterocycles. The van der Waals surface area contributed by atoms with Gasteiger partial charge in [0.15, 0.2) is 5.96 Å². The zero-order valence-electron chi connectivity index (χ0n) is 13.6. The molecule has 0 aliphatic carbocycles. The number of amides is 1. The van der Waals surface area contributed by atoms with Crippen LogP contribution in [0.5, 0.6) is 0 Å². The van der Waals surface area contributed by atoms with Gasteiger partial charge < -0.3 is 16.0 Å². The fourth-order valence-electron chi connectivity index (χ4n) is 2.06. The molecule has 0 radical (unpaired) electrons. The van der Waals surface area contributed by atoms with Crippen LogP contribution in [0.25, 0.3) is 0 Å². The largest absolute Gasteiger partial charge is 0.355 e. The van der Waals surface area contributed by atoms with Crippen molar-refractivity contribution in [1.82, 2.24) is 16.0 Å². The molecule has 0 fully saturated rings. The van der Waals surface area contributed by atoms with Gasteiger partial charge in [0.05, 0.1) is 0 Å². The van der Waals surface area contributed by atoms with Crippen LogP contribution in [-0.4, -0.2) is 32.0 Å². The lowest BCUT2D eigenvalue weighted by atomic mass is 10.2. The Kier molecular flexibility index (Phi) is 7.11. The molecule has 2 aromatic carbocycles. The zero-order valence-corrected chi connectivity index (χ0v) is 14.3. The number of guanidine groups is 1. The van der Waals surface area contributed by atoms with Gasteiger partial charge in [0, 0.05) is 37.3 Å². The quantitative estimate of drug-likeness (QED) is 0.428. The molecule has 5 nitrogen and oxygen atoms in total. The number of hydrogen-bond donors (Lipinski definition) is 3. The fourth-order valence-corrected chi connectivity index (χ4v) is 2.18. The van der Waals surface area contributed by atoms with Gasteiger partial charge in [-0.3, -0.25) is 9.79 Å². The van der Waals surface area contributed by atoms with Crippen molar-refractivity contribution in [2.45, 2.75) is 6.54 Å². The summed E-state index contributed by atoms with van der Waals surface area (Å²) < 4.78 is 0. The molecule has 0 atom stereocenters. The minimum absolute atomic E-state index is 0.0819. The molecule has 0 bridgehead atoms. The maximum absolute atomic E-state index is 11.9. The fraction of sp³-hybridized carbons (Fsp3) is 0.222. The van der Waals surface area contributed by atoms with E-state index in [2.05, 4.69) is 20.9 Å². The van der Waals surface area contributed by atoms with Gasteiger partial charge >= 0.3 is 0 Å². The van der Waals surface area contributed by atoms with Crippen molar-refractivity contribution in [3.63, 3.8) is 0 Å². The maximum atomic E-state index is 11.9. The molecule has 0 aromatic heterocycles. The Morgan fingerprint density at radius 1 is 0.958 bits per heavy atom. The first-order chi connectivity index (χ1) is 11.7. The van der Waals surface area contributed by atoms with E-state index in [4.69, 9.17) is 11.6 Å². The van der Waals surface area contributed by atoms with Gasteiger partial charge in [0.25, 0.3) is 5.91 Å². The van der Waals surface area contributed by atoms with Crippen molar-refractivity contribution in [3.05, 3.63) is 70.7 Å². The molecule has 0 saturated heterocycles. The molecule has 0 saturated carbocycles. The molecule has 0 spiro atoms. The molecular weight excluding hydrogens is 324 g/mol. The number of halogens is 1. The van der Waals surface area contributed by atoms with Crippen LogP contribution in [0.4, 0.5) is 0 Å². The average molecular weight is 345 g/mol. The molecule has 3 N–H and O–H groups in total. The van der Waals surface area contributed by atoms with Gasteiger partial charge in [-0.1, -0.05) is 41.9 Å². The predicted octanol–water partition coefficient (Wildman–Crippen LogP) is 2.43. The monoisotopic (exact) mass is 344 g/mol.